The molecule has 0 radical (unpaired) electrons. The molecule has 21 heavy (non-hydrogen) atoms. The first-order chi connectivity index (χ1) is 10.0. The van der Waals surface area contributed by atoms with Crippen molar-refractivity contribution in [2.75, 3.05) is 5.32 Å². The second kappa shape index (κ2) is 6.53. The molecular formula is C18H15NO2. The fourth-order valence-corrected chi connectivity index (χ4v) is 1.64. The summed E-state index contributed by atoms with van der Waals surface area (Å²) in [5.41, 5.74) is 3.58. The van der Waals surface area contributed by atoms with Gasteiger partial charge in [-0.1, -0.05) is 29.5 Å². The standard InChI is InChI=1S/C18H15NO2/c1-13-3-5-15(6-4-13)7-8-16-9-11-17(12-10-16)19-18(21)14(2)20/h3-6,9-12H,1-2H3,(H,19,21). The number of Topliss-reactive ketones (excluding diaryl/α,β-unsaturated/α-hetero) is 1. The Balaban J connectivity index is 2.08. The highest BCUT2D eigenvalue weighted by Crippen LogP contribution is 2.09. The van der Waals surface area contributed by atoms with Crippen molar-refractivity contribution in [2.45, 2.75) is 13.8 Å². The summed E-state index contributed by atoms with van der Waals surface area (Å²) in [7, 11) is 0. The number of hydrogen-bond acceptors (Lipinski definition) is 2. The van der Waals surface area contributed by atoms with E-state index in [1.165, 1.54) is 12.5 Å². The van der Waals surface area contributed by atoms with Gasteiger partial charge in [-0.05, 0) is 43.3 Å². The highest BCUT2D eigenvalue weighted by molar-refractivity contribution is 6.39. The predicted octanol–water partition coefficient (Wildman–Crippen LogP) is 2.92. The fraction of sp³-hybridized carbons (Fsp3) is 0.111. The summed E-state index contributed by atoms with van der Waals surface area (Å²) in [6, 6.07) is 15.0. The molecule has 3 heteroatoms. The molecule has 0 aliphatic rings. The number of aryl methyl sites for hydroxylation is 1. The average molecular weight is 277 g/mol. The van der Waals surface area contributed by atoms with E-state index in [1.54, 1.807) is 24.3 Å². The summed E-state index contributed by atoms with van der Waals surface area (Å²) in [5.74, 6) is 5.00. The molecule has 3 nitrogen and oxygen atoms in total. The van der Waals surface area contributed by atoms with E-state index in [0.717, 1.165) is 11.1 Å². The van der Waals surface area contributed by atoms with Gasteiger partial charge in [-0.3, -0.25) is 9.59 Å². The lowest BCUT2D eigenvalue weighted by Gasteiger charge is -2.01. The van der Waals surface area contributed by atoms with E-state index in [4.69, 9.17) is 0 Å². The van der Waals surface area contributed by atoms with Crippen LogP contribution in [0.5, 0.6) is 0 Å². The molecule has 0 bridgehead atoms. The van der Waals surface area contributed by atoms with E-state index in [0.29, 0.717) is 5.69 Å². The molecule has 0 heterocycles. The van der Waals surface area contributed by atoms with Crippen molar-refractivity contribution in [1.82, 2.24) is 0 Å². The van der Waals surface area contributed by atoms with Gasteiger partial charge in [0.05, 0.1) is 0 Å². The fourth-order valence-electron chi connectivity index (χ4n) is 1.64. The molecule has 0 aliphatic carbocycles. The van der Waals surface area contributed by atoms with Crippen LogP contribution in [0.3, 0.4) is 0 Å². The summed E-state index contributed by atoms with van der Waals surface area (Å²) < 4.78 is 0. The average Bonchev–Trinajstić information content (AvgIpc) is 2.48. The largest absolute Gasteiger partial charge is 0.319 e. The quantitative estimate of drug-likeness (QED) is 0.677. The van der Waals surface area contributed by atoms with Gasteiger partial charge in [0.1, 0.15) is 0 Å². The third-order valence-electron chi connectivity index (χ3n) is 2.87. The Morgan fingerprint density at radius 3 is 1.81 bits per heavy atom. The summed E-state index contributed by atoms with van der Waals surface area (Å²) in [6.07, 6.45) is 0. The number of nitrogens with one attached hydrogen (secondary N) is 1. The van der Waals surface area contributed by atoms with Crippen molar-refractivity contribution in [3.63, 3.8) is 0 Å². The number of anilines is 1. The molecule has 0 aromatic heterocycles. The molecule has 0 aliphatic heterocycles. The maximum Gasteiger partial charge on any atom is 0.291 e. The van der Waals surface area contributed by atoms with Crippen LogP contribution in [-0.4, -0.2) is 11.7 Å². The second-order valence-electron chi connectivity index (χ2n) is 4.70. The van der Waals surface area contributed by atoms with Crippen molar-refractivity contribution >= 4 is 17.4 Å². The van der Waals surface area contributed by atoms with E-state index in [9.17, 15) is 9.59 Å². The van der Waals surface area contributed by atoms with Gasteiger partial charge in [-0.15, -0.1) is 0 Å². The molecule has 0 fully saturated rings. The number of ketones is 1. The van der Waals surface area contributed by atoms with Gasteiger partial charge in [0.15, 0.2) is 0 Å². The van der Waals surface area contributed by atoms with Crippen LogP contribution in [0.1, 0.15) is 23.6 Å². The van der Waals surface area contributed by atoms with E-state index >= 15 is 0 Å². The minimum absolute atomic E-state index is 0.516. The summed E-state index contributed by atoms with van der Waals surface area (Å²) in [6.45, 7) is 3.27. The molecule has 2 rings (SSSR count). The Morgan fingerprint density at radius 1 is 0.857 bits per heavy atom. The first kappa shape index (κ1) is 14.5. The maximum absolute atomic E-state index is 11.2. The molecule has 0 saturated heterocycles. The Bertz CT molecular complexity index is 717. The molecule has 2 aromatic carbocycles. The van der Waals surface area contributed by atoms with E-state index in [-0.39, 0.29) is 0 Å². The van der Waals surface area contributed by atoms with Gasteiger partial charge in [0, 0.05) is 23.7 Å². The third-order valence-corrected chi connectivity index (χ3v) is 2.87. The molecule has 104 valence electrons. The Hall–Kier alpha value is -2.86. The zero-order chi connectivity index (χ0) is 15.2. The Kier molecular flexibility index (Phi) is 4.53. The summed E-state index contributed by atoms with van der Waals surface area (Å²) in [5, 5.41) is 2.51. The van der Waals surface area contributed by atoms with Crippen LogP contribution in [0.2, 0.25) is 0 Å². The molecule has 0 spiro atoms. The molecule has 1 amide bonds. The highest BCUT2D eigenvalue weighted by atomic mass is 16.2. The number of hydrogen-bond donors (Lipinski definition) is 1. The first-order valence-electron chi connectivity index (χ1n) is 6.55. The van der Waals surface area contributed by atoms with Gasteiger partial charge in [-0.25, -0.2) is 0 Å². The smallest absolute Gasteiger partial charge is 0.291 e. The molecule has 0 unspecified atom stereocenters. The van der Waals surface area contributed by atoms with Gasteiger partial charge < -0.3 is 5.32 Å². The van der Waals surface area contributed by atoms with Crippen LogP contribution in [0.15, 0.2) is 48.5 Å². The minimum Gasteiger partial charge on any atom is -0.319 e. The van der Waals surface area contributed by atoms with Crippen molar-refractivity contribution < 1.29 is 9.59 Å². The monoisotopic (exact) mass is 277 g/mol. The molecule has 1 N–H and O–H groups in total. The maximum atomic E-state index is 11.2. The van der Waals surface area contributed by atoms with Crippen LogP contribution in [-0.2, 0) is 9.59 Å². The van der Waals surface area contributed by atoms with E-state index in [1.807, 2.05) is 31.2 Å². The van der Waals surface area contributed by atoms with Crippen LogP contribution in [0, 0.1) is 18.8 Å². The first-order valence-corrected chi connectivity index (χ1v) is 6.55. The number of benzene rings is 2. The summed E-state index contributed by atoms with van der Waals surface area (Å²) >= 11 is 0. The molecular weight excluding hydrogens is 262 g/mol. The van der Waals surface area contributed by atoms with Crippen molar-refractivity contribution in [3.8, 4) is 11.8 Å². The number of carbonyl (C=O) groups excluding carboxylic acids is 2. The zero-order valence-electron chi connectivity index (χ0n) is 11.9. The van der Waals surface area contributed by atoms with Crippen LogP contribution in [0.4, 0.5) is 5.69 Å². The predicted molar refractivity (Wildman–Crippen MR) is 82.9 cm³/mol. The van der Waals surface area contributed by atoms with Gasteiger partial charge in [-0.2, -0.15) is 0 Å². The van der Waals surface area contributed by atoms with Crippen molar-refractivity contribution in [1.29, 1.82) is 0 Å². The van der Waals surface area contributed by atoms with Gasteiger partial charge in [0.2, 0.25) is 5.78 Å². The van der Waals surface area contributed by atoms with Gasteiger partial charge >= 0.3 is 0 Å². The van der Waals surface area contributed by atoms with E-state index in [2.05, 4.69) is 17.2 Å². The van der Waals surface area contributed by atoms with Crippen LogP contribution in [0.25, 0.3) is 0 Å². The lowest BCUT2D eigenvalue weighted by Crippen LogP contribution is -2.19. The Labute approximate surface area is 124 Å². The van der Waals surface area contributed by atoms with Crippen molar-refractivity contribution in [2.24, 2.45) is 0 Å². The SMILES string of the molecule is CC(=O)C(=O)Nc1ccc(C#Cc2ccc(C)cc2)cc1. The normalized spacial score (nSPS) is 9.43. The zero-order valence-corrected chi connectivity index (χ0v) is 11.9. The lowest BCUT2D eigenvalue weighted by molar-refractivity contribution is -0.133. The van der Waals surface area contributed by atoms with Crippen molar-refractivity contribution in [3.05, 3.63) is 65.2 Å². The number of carbonyl (C=O) groups is 2. The lowest BCUT2D eigenvalue weighted by atomic mass is 10.1. The minimum atomic E-state index is -0.617. The van der Waals surface area contributed by atoms with Gasteiger partial charge in [0.25, 0.3) is 5.91 Å². The van der Waals surface area contributed by atoms with Crippen LogP contribution < -0.4 is 5.32 Å². The molecule has 0 atom stereocenters. The molecule has 0 saturated carbocycles. The third kappa shape index (κ3) is 4.32. The number of amides is 1. The molecule has 2 aromatic rings. The Morgan fingerprint density at radius 2 is 1.33 bits per heavy atom. The van der Waals surface area contributed by atoms with Crippen LogP contribution >= 0.6 is 0 Å². The highest BCUT2D eigenvalue weighted by Gasteiger charge is 2.06. The number of rotatable bonds is 2. The topological polar surface area (TPSA) is 46.2 Å². The second-order valence-corrected chi connectivity index (χ2v) is 4.70. The van der Waals surface area contributed by atoms with E-state index < -0.39 is 11.7 Å². The summed E-state index contributed by atoms with van der Waals surface area (Å²) in [4.78, 5) is 22.1.